The topological polar surface area (TPSA) is 12.0 Å². The van der Waals surface area contributed by atoms with Crippen LogP contribution in [0.3, 0.4) is 0 Å². The van der Waals surface area contributed by atoms with Crippen LogP contribution >= 0.6 is 23.4 Å². The number of thioether (sulfide) groups is 1. The number of benzene rings is 2. The third kappa shape index (κ3) is 3.93. The normalized spacial score (nSPS) is 10.3. The number of anilines is 1. The number of hydrogen-bond acceptors (Lipinski definition) is 2. The lowest BCUT2D eigenvalue weighted by Gasteiger charge is -2.07. The van der Waals surface area contributed by atoms with Crippen LogP contribution in [-0.2, 0) is 0 Å². The van der Waals surface area contributed by atoms with E-state index >= 15 is 0 Å². The second kappa shape index (κ2) is 6.66. The van der Waals surface area contributed by atoms with Crippen LogP contribution in [0.15, 0.2) is 53.4 Å². The molecule has 0 bridgehead atoms. The SMILES string of the molecule is Fc1cccc(NCCSc2ccccc2Cl)c1. The predicted octanol–water partition coefficient (Wildman–Crippen LogP) is 4.68. The van der Waals surface area contributed by atoms with Crippen LogP contribution in [-0.4, -0.2) is 12.3 Å². The molecule has 4 heteroatoms. The molecule has 2 aromatic rings. The minimum Gasteiger partial charge on any atom is -0.384 e. The summed E-state index contributed by atoms with van der Waals surface area (Å²) < 4.78 is 12.9. The van der Waals surface area contributed by atoms with E-state index in [1.54, 1.807) is 17.8 Å². The molecule has 94 valence electrons. The lowest BCUT2D eigenvalue weighted by atomic mass is 10.3. The minimum absolute atomic E-state index is 0.223. The highest BCUT2D eigenvalue weighted by molar-refractivity contribution is 7.99. The highest BCUT2D eigenvalue weighted by atomic mass is 35.5. The first-order valence-corrected chi connectivity index (χ1v) is 6.99. The number of nitrogens with one attached hydrogen (secondary N) is 1. The van der Waals surface area contributed by atoms with Gasteiger partial charge in [-0.25, -0.2) is 4.39 Å². The highest BCUT2D eigenvalue weighted by Gasteiger charge is 1.99. The maximum Gasteiger partial charge on any atom is 0.125 e. The largest absolute Gasteiger partial charge is 0.384 e. The van der Waals surface area contributed by atoms with Crippen LogP contribution in [0.1, 0.15) is 0 Å². The van der Waals surface area contributed by atoms with Crippen molar-refractivity contribution in [3.05, 3.63) is 59.4 Å². The lowest BCUT2D eigenvalue weighted by molar-refractivity contribution is 0.628. The first-order chi connectivity index (χ1) is 8.75. The summed E-state index contributed by atoms with van der Waals surface area (Å²) in [5.74, 6) is 0.652. The molecule has 0 spiro atoms. The van der Waals surface area contributed by atoms with Gasteiger partial charge in [0.2, 0.25) is 0 Å². The van der Waals surface area contributed by atoms with E-state index in [0.29, 0.717) is 0 Å². The summed E-state index contributed by atoms with van der Waals surface area (Å²) in [6.45, 7) is 0.763. The maximum atomic E-state index is 12.9. The maximum absolute atomic E-state index is 12.9. The van der Waals surface area contributed by atoms with E-state index in [4.69, 9.17) is 11.6 Å². The Kier molecular flexibility index (Phi) is 4.90. The molecule has 0 aromatic heterocycles. The van der Waals surface area contributed by atoms with E-state index in [2.05, 4.69) is 5.32 Å². The van der Waals surface area contributed by atoms with Gasteiger partial charge in [-0.1, -0.05) is 29.8 Å². The third-order valence-corrected chi connectivity index (χ3v) is 3.87. The lowest BCUT2D eigenvalue weighted by Crippen LogP contribution is -2.04. The van der Waals surface area contributed by atoms with Crippen LogP contribution in [0.25, 0.3) is 0 Å². The summed E-state index contributed by atoms with van der Waals surface area (Å²) >= 11 is 7.73. The molecule has 1 N–H and O–H groups in total. The van der Waals surface area contributed by atoms with Crippen molar-refractivity contribution >= 4 is 29.1 Å². The number of halogens is 2. The van der Waals surface area contributed by atoms with Gasteiger partial charge in [0.15, 0.2) is 0 Å². The van der Waals surface area contributed by atoms with E-state index in [9.17, 15) is 4.39 Å². The average molecular weight is 282 g/mol. The Hall–Kier alpha value is -1.19. The Balaban J connectivity index is 1.78. The fourth-order valence-corrected chi connectivity index (χ4v) is 2.62. The average Bonchev–Trinajstić information content (AvgIpc) is 2.37. The molecule has 18 heavy (non-hydrogen) atoms. The predicted molar refractivity (Wildman–Crippen MR) is 77.1 cm³/mol. The molecular formula is C14H13ClFNS. The van der Waals surface area contributed by atoms with Crippen molar-refractivity contribution in [2.45, 2.75) is 4.90 Å². The molecular weight excluding hydrogens is 269 g/mol. The Morgan fingerprint density at radius 1 is 1.11 bits per heavy atom. The van der Waals surface area contributed by atoms with Crippen LogP contribution in [0.5, 0.6) is 0 Å². The van der Waals surface area contributed by atoms with Gasteiger partial charge in [-0.2, -0.15) is 0 Å². The van der Waals surface area contributed by atoms with E-state index < -0.39 is 0 Å². The molecule has 0 amide bonds. The zero-order chi connectivity index (χ0) is 12.8. The van der Waals surface area contributed by atoms with Gasteiger partial charge in [-0.15, -0.1) is 11.8 Å². The van der Waals surface area contributed by atoms with Gasteiger partial charge in [-0.3, -0.25) is 0 Å². The molecule has 0 unspecified atom stereocenters. The van der Waals surface area contributed by atoms with Crippen LogP contribution in [0, 0.1) is 5.82 Å². The Labute approximate surface area is 115 Å². The van der Waals surface area contributed by atoms with Crippen molar-refractivity contribution in [3.8, 4) is 0 Å². The van der Waals surface area contributed by atoms with E-state index in [1.165, 1.54) is 12.1 Å². The minimum atomic E-state index is -0.223. The molecule has 0 heterocycles. The Morgan fingerprint density at radius 3 is 2.72 bits per heavy atom. The molecule has 0 aliphatic heterocycles. The summed E-state index contributed by atoms with van der Waals surface area (Å²) in [4.78, 5) is 1.07. The van der Waals surface area contributed by atoms with Crippen LogP contribution < -0.4 is 5.32 Å². The Bertz CT molecular complexity index is 519. The monoisotopic (exact) mass is 281 g/mol. The van der Waals surface area contributed by atoms with E-state index in [0.717, 1.165) is 27.9 Å². The second-order valence-corrected chi connectivity index (χ2v) is 5.26. The van der Waals surface area contributed by atoms with Crippen molar-refractivity contribution in [2.75, 3.05) is 17.6 Å². The summed E-state index contributed by atoms with van der Waals surface area (Å²) in [5, 5.41) is 3.94. The van der Waals surface area contributed by atoms with Crippen LogP contribution in [0.2, 0.25) is 5.02 Å². The molecule has 0 saturated carbocycles. The molecule has 0 atom stereocenters. The van der Waals surface area contributed by atoms with Crippen molar-refractivity contribution in [3.63, 3.8) is 0 Å². The van der Waals surface area contributed by atoms with Crippen molar-refractivity contribution in [1.82, 2.24) is 0 Å². The van der Waals surface area contributed by atoms with E-state index in [1.807, 2.05) is 30.3 Å². The molecule has 0 aliphatic rings. The molecule has 0 saturated heterocycles. The summed E-state index contributed by atoms with van der Waals surface area (Å²) in [6, 6.07) is 14.2. The molecule has 2 aromatic carbocycles. The van der Waals surface area contributed by atoms with E-state index in [-0.39, 0.29) is 5.82 Å². The molecule has 1 nitrogen and oxygen atoms in total. The Morgan fingerprint density at radius 2 is 1.94 bits per heavy atom. The van der Waals surface area contributed by atoms with Crippen molar-refractivity contribution in [2.24, 2.45) is 0 Å². The van der Waals surface area contributed by atoms with Gasteiger partial charge >= 0.3 is 0 Å². The first kappa shape index (κ1) is 13.2. The zero-order valence-corrected chi connectivity index (χ0v) is 11.3. The quantitative estimate of drug-likeness (QED) is 0.631. The summed E-state index contributed by atoms with van der Waals surface area (Å²) in [7, 11) is 0. The standard InChI is InChI=1S/C14H13ClFNS/c15-13-6-1-2-7-14(13)18-9-8-17-12-5-3-4-11(16)10-12/h1-7,10,17H,8-9H2. The van der Waals surface area contributed by atoms with Gasteiger partial charge in [0.05, 0.1) is 5.02 Å². The molecule has 2 rings (SSSR count). The fourth-order valence-electron chi connectivity index (χ4n) is 1.52. The fraction of sp³-hybridized carbons (Fsp3) is 0.143. The third-order valence-electron chi connectivity index (χ3n) is 2.35. The molecule has 0 radical (unpaired) electrons. The van der Waals surface area contributed by atoms with Crippen molar-refractivity contribution in [1.29, 1.82) is 0 Å². The zero-order valence-electron chi connectivity index (χ0n) is 9.70. The smallest absolute Gasteiger partial charge is 0.125 e. The van der Waals surface area contributed by atoms with Crippen LogP contribution in [0.4, 0.5) is 10.1 Å². The summed E-state index contributed by atoms with van der Waals surface area (Å²) in [6.07, 6.45) is 0. The molecule has 0 aliphatic carbocycles. The van der Waals surface area contributed by atoms with Gasteiger partial charge in [0, 0.05) is 22.9 Å². The van der Waals surface area contributed by atoms with Gasteiger partial charge < -0.3 is 5.32 Å². The number of rotatable bonds is 5. The van der Waals surface area contributed by atoms with Gasteiger partial charge in [-0.05, 0) is 30.3 Å². The highest BCUT2D eigenvalue weighted by Crippen LogP contribution is 2.26. The summed E-state index contributed by atoms with van der Waals surface area (Å²) in [5.41, 5.74) is 0.801. The second-order valence-electron chi connectivity index (χ2n) is 3.72. The first-order valence-electron chi connectivity index (χ1n) is 5.62. The molecule has 0 fully saturated rings. The number of hydrogen-bond donors (Lipinski definition) is 1. The van der Waals surface area contributed by atoms with Gasteiger partial charge in [0.25, 0.3) is 0 Å². The van der Waals surface area contributed by atoms with Crippen molar-refractivity contribution < 1.29 is 4.39 Å². The van der Waals surface area contributed by atoms with Gasteiger partial charge in [0.1, 0.15) is 5.82 Å².